The van der Waals surface area contributed by atoms with Gasteiger partial charge in [0.05, 0.1) is 0 Å². The molecule has 0 saturated heterocycles. The average Bonchev–Trinajstić information content (AvgIpc) is 2.43. The van der Waals surface area contributed by atoms with Gasteiger partial charge in [-0.05, 0) is 38.8 Å². The molecule has 0 spiro atoms. The molecule has 0 saturated carbocycles. The Morgan fingerprint density at radius 2 is 1.79 bits per heavy atom. The molecule has 0 fully saturated rings. The molecular formula is C17H30N2. The average molecular weight is 262 g/mol. The highest BCUT2D eigenvalue weighted by atomic mass is 15.2. The maximum atomic E-state index is 6.37. The molecule has 0 heterocycles. The highest BCUT2D eigenvalue weighted by Crippen LogP contribution is 2.16. The van der Waals surface area contributed by atoms with Crippen LogP contribution in [0.2, 0.25) is 0 Å². The molecule has 2 heteroatoms. The zero-order chi connectivity index (χ0) is 14.3. The molecule has 0 bridgehead atoms. The molecule has 0 aliphatic carbocycles. The highest BCUT2D eigenvalue weighted by molar-refractivity contribution is 5.24. The summed E-state index contributed by atoms with van der Waals surface area (Å²) in [6.07, 6.45) is 3.68. The van der Waals surface area contributed by atoms with E-state index in [9.17, 15) is 0 Å². The number of nitrogens with zero attached hydrogens (tertiary/aromatic N) is 1. The van der Waals surface area contributed by atoms with E-state index in [-0.39, 0.29) is 6.04 Å². The fourth-order valence-electron chi connectivity index (χ4n) is 2.28. The lowest BCUT2D eigenvalue weighted by Crippen LogP contribution is -2.39. The van der Waals surface area contributed by atoms with Crippen molar-refractivity contribution in [3.05, 3.63) is 35.4 Å². The van der Waals surface area contributed by atoms with Crippen molar-refractivity contribution in [2.75, 3.05) is 13.1 Å². The molecule has 0 aliphatic heterocycles. The third-order valence-electron chi connectivity index (χ3n) is 3.95. The van der Waals surface area contributed by atoms with Crippen LogP contribution in [0.25, 0.3) is 0 Å². The summed E-state index contributed by atoms with van der Waals surface area (Å²) in [7, 11) is 0. The normalized spacial score (nSPS) is 14.6. The summed E-state index contributed by atoms with van der Waals surface area (Å²) in [6, 6.07) is 9.35. The maximum Gasteiger partial charge on any atom is 0.0424 e. The number of hydrogen-bond donors (Lipinski definition) is 1. The number of aryl methyl sites for hydroxylation is 1. The second kappa shape index (κ2) is 8.34. The second-order valence-electron chi connectivity index (χ2n) is 5.62. The molecule has 1 rings (SSSR count). The van der Waals surface area contributed by atoms with Crippen molar-refractivity contribution in [3.8, 4) is 0 Å². The molecule has 19 heavy (non-hydrogen) atoms. The van der Waals surface area contributed by atoms with Gasteiger partial charge in [-0.3, -0.25) is 4.90 Å². The topological polar surface area (TPSA) is 29.3 Å². The molecule has 1 aromatic carbocycles. The van der Waals surface area contributed by atoms with E-state index in [1.807, 2.05) is 0 Å². The van der Waals surface area contributed by atoms with Gasteiger partial charge in [0.1, 0.15) is 0 Å². The fraction of sp³-hybridized carbons (Fsp3) is 0.647. The van der Waals surface area contributed by atoms with Crippen LogP contribution in [0.5, 0.6) is 0 Å². The molecular weight excluding hydrogens is 232 g/mol. The summed E-state index contributed by atoms with van der Waals surface area (Å²) in [4.78, 5) is 2.54. The number of hydrogen-bond acceptors (Lipinski definition) is 2. The van der Waals surface area contributed by atoms with E-state index in [1.54, 1.807) is 0 Å². The van der Waals surface area contributed by atoms with Gasteiger partial charge < -0.3 is 5.73 Å². The Balaban J connectivity index is 2.63. The van der Waals surface area contributed by atoms with Gasteiger partial charge in [0.2, 0.25) is 0 Å². The molecule has 0 aromatic heterocycles. The van der Waals surface area contributed by atoms with E-state index in [1.165, 1.54) is 30.4 Å². The summed E-state index contributed by atoms with van der Waals surface area (Å²) in [6.45, 7) is 11.0. The zero-order valence-corrected chi connectivity index (χ0v) is 13.0. The van der Waals surface area contributed by atoms with Crippen LogP contribution >= 0.6 is 0 Å². The van der Waals surface area contributed by atoms with Gasteiger partial charge in [-0.25, -0.2) is 0 Å². The number of unbranched alkanes of at least 4 members (excludes halogenated alkanes) is 1. The Kier molecular flexibility index (Phi) is 7.11. The van der Waals surface area contributed by atoms with Crippen molar-refractivity contribution >= 4 is 0 Å². The quantitative estimate of drug-likeness (QED) is 0.770. The molecule has 0 radical (unpaired) electrons. The zero-order valence-electron chi connectivity index (χ0n) is 13.0. The van der Waals surface area contributed by atoms with Crippen molar-refractivity contribution in [3.63, 3.8) is 0 Å². The number of benzene rings is 1. The standard InChI is InChI=1S/C17H30N2/c1-5-7-12-19(15(4)6-2)13-17(18)16-10-8-14(3)9-11-16/h8-11,15,17H,5-7,12-13,18H2,1-4H3. The monoisotopic (exact) mass is 262 g/mol. The first-order chi connectivity index (χ1) is 9.08. The van der Waals surface area contributed by atoms with Crippen molar-refractivity contribution in [1.29, 1.82) is 0 Å². The minimum absolute atomic E-state index is 0.117. The van der Waals surface area contributed by atoms with Crippen LogP contribution in [0.15, 0.2) is 24.3 Å². The smallest absolute Gasteiger partial charge is 0.0424 e. The molecule has 108 valence electrons. The van der Waals surface area contributed by atoms with Crippen LogP contribution < -0.4 is 5.73 Å². The van der Waals surface area contributed by atoms with Gasteiger partial charge >= 0.3 is 0 Å². The van der Waals surface area contributed by atoms with Gasteiger partial charge in [0.25, 0.3) is 0 Å². The van der Waals surface area contributed by atoms with Gasteiger partial charge in [-0.1, -0.05) is 50.1 Å². The van der Waals surface area contributed by atoms with Gasteiger partial charge in [0.15, 0.2) is 0 Å². The summed E-state index contributed by atoms with van der Waals surface area (Å²) in [5, 5.41) is 0. The maximum absolute atomic E-state index is 6.37. The predicted octanol–water partition coefficient (Wildman–Crippen LogP) is 3.90. The SMILES string of the molecule is CCCCN(CC(N)c1ccc(C)cc1)C(C)CC. The number of nitrogens with two attached hydrogens (primary N) is 1. The Morgan fingerprint density at radius 1 is 1.16 bits per heavy atom. The van der Waals surface area contributed by atoms with Crippen molar-refractivity contribution in [2.24, 2.45) is 5.73 Å². The third kappa shape index (κ3) is 5.33. The third-order valence-corrected chi connectivity index (χ3v) is 3.95. The van der Waals surface area contributed by atoms with E-state index >= 15 is 0 Å². The summed E-state index contributed by atoms with van der Waals surface area (Å²) in [5.74, 6) is 0. The minimum Gasteiger partial charge on any atom is -0.323 e. The lowest BCUT2D eigenvalue weighted by atomic mass is 10.0. The lowest BCUT2D eigenvalue weighted by Gasteiger charge is -2.31. The van der Waals surface area contributed by atoms with Crippen LogP contribution in [-0.4, -0.2) is 24.0 Å². The molecule has 2 N–H and O–H groups in total. The largest absolute Gasteiger partial charge is 0.323 e. The second-order valence-corrected chi connectivity index (χ2v) is 5.62. The predicted molar refractivity (Wildman–Crippen MR) is 84.3 cm³/mol. The van der Waals surface area contributed by atoms with Crippen LogP contribution in [-0.2, 0) is 0 Å². The summed E-state index contributed by atoms with van der Waals surface area (Å²) < 4.78 is 0. The number of rotatable bonds is 8. The molecule has 2 atom stereocenters. The first-order valence-electron chi connectivity index (χ1n) is 7.64. The van der Waals surface area contributed by atoms with E-state index < -0.39 is 0 Å². The van der Waals surface area contributed by atoms with Crippen LogP contribution in [0, 0.1) is 6.92 Å². The summed E-state index contributed by atoms with van der Waals surface area (Å²) in [5.41, 5.74) is 8.91. The van der Waals surface area contributed by atoms with Crippen molar-refractivity contribution in [2.45, 2.75) is 59.0 Å². The van der Waals surface area contributed by atoms with Gasteiger partial charge in [-0.2, -0.15) is 0 Å². The van der Waals surface area contributed by atoms with Crippen LogP contribution in [0.3, 0.4) is 0 Å². The van der Waals surface area contributed by atoms with E-state index in [0.29, 0.717) is 6.04 Å². The van der Waals surface area contributed by atoms with Crippen molar-refractivity contribution in [1.82, 2.24) is 4.90 Å². The van der Waals surface area contributed by atoms with Gasteiger partial charge in [0, 0.05) is 18.6 Å². The Morgan fingerprint density at radius 3 is 2.32 bits per heavy atom. The molecule has 1 aromatic rings. The van der Waals surface area contributed by atoms with E-state index in [4.69, 9.17) is 5.73 Å². The minimum atomic E-state index is 0.117. The summed E-state index contributed by atoms with van der Waals surface area (Å²) >= 11 is 0. The molecule has 0 amide bonds. The van der Waals surface area contributed by atoms with Gasteiger partial charge in [-0.15, -0.1) is 0 Å². The lowest BCUT2D eigenvalue weighted by molar-refractivity contribution is 0.189. The molecule has 0 aliphatic rings. The fourth-order valence-corrected chi connectivity index (χ4v) is 2.28. The molecule has 2 unspecified atom stereocenters. The van der Waals surface area contributed by atoms with E-state index in [0.717, 1.165) is 13.1 Å². The van der Waals surface area contributed by atoms with Crippen LogP contribution in [0.1, 0.15) is 57.2 Å². The highest BCUT2D eigenvalue weighted by Gasteiger charge is 2.16. The Bertz CT molecular complexity index is 345. The van der Waals surface area contributed by atoms with Crippen LogP contribution in [0.4, 0.5) is 0 Å². The first-order valence-corrected chi connectivity index (χ1v) is 7.64. The molecule has 2 nitrogen and oxygen atoms in total. The van der Waals surface area contributed by atoms with E-state index in [2.05, 4.69) is 56.9 Å². The Labute approximate surface area is 119 Å². The van der Waals surface area contributed by atoms with Crippen molar-refractivity contribution < 1.29 is 0 Å². The first kappa shape index (κ1) is 16.2. The Hall–Kier alpha value is -0.860.